The molecule has 8 heteroatoms. The summed E-state index contributed by atoms with van der Waals surface area (Å²) in [6.45, 7) is 6.47. The number of halogens is 1. The first-order valence-electron chi connectivity index (χ1n) is 11.4. The van der Waals surface area contributed by atoms with Crippen LogP contribution in [-0.2, 0) is 17.8 Å². The van der Waals surface area contributed by atoms with Crippen LogP contribution in [0.25, 0.3) is 10.8 Å². The van der Waals surface area contributed by atoms with E-state index >= 15 is 0 Å². The van der Waals surface area contributed by atoms with Gasteiger partial charge < -0.3 is 20.1 Å². The fourth-order valence-corrected chi connectivity index (χ4v) is 3.89. The molecule has 0 fully saturated rings. The zero-order chi connectivity index (χ0) is 25.2. The Morgan fingerprint density at radius 2 is 2.11 bits per heavy atom. The van der Waals surface area contributed by atoms with Gasteiger partial charge in [0.15, 0.2) is 0 Å². The fraction of sp³-hybridized carbons (Fsp3) is 0.259. The predicted octanol–water partition coefficient (Wildman–Crippen LogP) is 4.20. The molecule has 0 unspecified atom stereocenters. The maximum Gasteiger partial charge on any atom is 0.238 e. The van der Waals surface area contributed by atoms with Gasteiger partial charge in [0.1, 0.15) is 5.75 Å². The number of fused-ring (bicyclic) bond motifs is 1. The molecule has 0 bridgehead atoms. The minimum Gasteiger partial charge on any atom is -0.508 e. The largest absolute Gasteiger partial charge is 0.508 e. The Kier molecular flexibility index (Phi) is 9.34. The van der Waals surface area contributed by atoms with Crippen LogP contribution in [0.3, 0.4) is 0 Å². The third-order valence-electron chi connectivity index (χ3n) is 5.48. The van der Waals surface area contributed by atoms with Crippen molar-refractivity contribution in [3.05, 3.63) is 90.8 Å². The van der Waals surface area contributed by atoms with E-state index in [0.717, 1.165) is 22.0 Å². The van der Waals surface area contributed by atoms with Crippen LogP contribution < -0.4 is 5.32 Å². The first-order chi connectivity index (χ1) is 16.9. The third-order valence-corrected chi connectivity index (χ3v) is 5.48. The molecule has 3 rings (SSSR count). The molecule has 0 aliphatic carbocycles. The highest BCUT2D eigenvalue weighted by molar-refractivity contribution is 6.03. The monoisotopic (exact) mass is 478 g/mol. The van der Waals surface area contributed by atoms with Gasteiger partial charge in [-0.25, -0.2) is 9.37 Å². The number of nitrogens with one attached hydrogen (secondary N) is 1. The highest BCUT2D eigenvalue weighted by atomic mass is 19.1. The van der Waals surface area contributed by atoms with Crippen molar-refractivity contribution in [2.24, 2.45) is 0 Å². The number of benzene rings is 2. The van der Waals surface area contributed by atoms with E-state index in [4.69, 9.17) is 0 Å². The van der Waals surface area contributed by atoms with Crippen LogP contribution >= 0.6 is 0 Å². The maximum absolute atomic E-state index is 13.4. The Bertz CT molecular complexity index is 1230. The van der Waals surface area contributed by atoms with Crippen molar-refractivity contribution in [1.82, 2.24) is 14.5 Å². The number of rotatable bonds is 12. The molecule has 1 aromatic heterocycles. The van der Waals surface area contributed by atoms with E-state index in [1.807, 2.05) is 21.6 Å². The summed E-state index contributed by atoms with van der Waals surface area (Å²) in [5.41, 5.74) is 2.29. The number of carbonyl (C=O) groups excluding carboxylic acids is 1. The zero-order valence-electron chi connectivity index (χ0n) is 19.8. The van der Waals surface area contributed by atoms with Gasteiger partial charge in [0.05, 0.1) is 25.3 Å². The van der Waals surface area contributed by atoms with Crippen molar-refractivity contribution < 1.29 is 19.4 Å². The highest BCUT2D eigenvalue weighted by Crippen LogP contribution is 2.27. The van der Waals surface area contributed by atoms with Gasteiger partial charge in [0, 0.05) is 49.0 Å². The number of phenolic OH excluding ortho intramolecular Hbond substituents is 1. The second-order valence-corrected chi connectivity index (χ2v) is 8.22. The molecule has 0 aliphatic heterocycles. The maximum atomic E-state index is 13.4. The molecule has 0 aliphatic rings. The number of allylic oxidation sites excluding steroid dienone is 5. The van der Waals surface area contributed by atoms with Crippen LogP contribution in [0, 0.1) is 0 Å². The number of anilines is 1. The fourth-order valence-electron chi connectivity index (χ4n) is 3.89. The number of aliphatic hydroxyl groups excluding tert-OH is 1. The molecule has 0 saturated heterocycles. The molecule has 0 radical (unpaired) electrons. The first kappa shape index (κ1) is 25.9. The Labute approximate surface area is 204 Å². The number of imidazole rings is 1. The second-order valence-electron chi connectivity index (χ2n) is 8.22. The molecule has 1 amide bonds. The molecule has 2 aromatic carbocycles. The van der Waals surface area contributed by atoms with E-state index in [1.165, 1.54) is 13.0 Å². The standard InChI is InChI=1S/C27H31FN4O3/c1-3-5-21(14-20(2)28)15-23-17-29-19-32(23)11-10-31(12-13-33)18-27(35)30-26-7-4-6-22-8-9-24(34)16-25(22)26/h3-9,14,16-17,19,33-34H,1,10-13,15,18H2,2H3,(H,30,35)/b20-14+,21-5+. The summed E-state index contributed by atoms with van der Waals surface area (Å²) in [7, 11) is 0. The zero-order valence-corrected chi connectivity index (χ0v) is 19.8. The summed E-state index contributed by atoms with van der Waals surface area (Å²) < 4.78 is 15.4. The van der Waals surface area contributed by atoms with Crippen LogP contribution in [0.2, 0.25) is 0 Å². The average Bonchev–Trinajstić information content (AvgIpc) is 3.24. The van der Waals surface area contributed by atoms with Gasteiger partial charge in [0.25, 0.3) is 0 Å². The van der Waals surface area contributed by atoms with Crippen molar-refractivity contribution in [3.8, 4) is 5.75 Å². The molecule has 0 saturated carbocycles. The van der Waals surface area contributed by atoms with E-state index in [2.05, 4.69) is 16.9 Å². The summed E-state index contributed by atoms with van der Waals surface area (Å²) in [4.78, 5) is 18.9. The summed E-state index contributed by atoms with van der Waals surface area (Å²) in [5.74, 6) is -0.383. The summed E-state index contributed by atoms with van der Waals surface area (Å²) in [6, 6.07) is 10.6. The smallest absolute Gasteiger partial charge is 0.238 e. The van der Waals surface area contributed by atoms with Crippen LogP contribution in [0.15, 0.2) is 85.1 Å². The van der Waals surface area contributed by atoms with Crippen molar-refractivity contribution in [2.75, 3.05) is 31.6 Å². The molecule has 3 N–H and O–H groups in total. The van der Waals surface area contributed by atoms with Crippen molar-refractivity contribution in [1.29, 1.82) is 0 Å². The van der Waals surface area contributed by atoms with Crippen molar-refractivity contribution in [3.63, 3.8) is 0 Å². The van der Waals surface area contributed by atoms with Gasteiger partial charge in [-0.3, -0.25) is 9.69 Å². The first-order valence-corrected chi connectivity index (χ1v) is 11.4. The minimum absolute atomic E-state index is 0.0843. The molecular formula is C27H31FN4O3. The molecule has 1 heterocycles. The van der Waals surface area contributed by atoms with Crippen LogP contribution in [0.4, 0.5) is 10.1 Å². The average molecular weight is 479 g/mol. The van der Waals surface area contributed by atoms with Crippen LogP contribution in [0.5, 0.6) is 5.75 Å². The number of amides is 1. The summed E-state index contributed by atoms with van der Waals surface area (Å²) >= 11 is 0. The second kappa shape index (κ2) is 12.6. The van der Waals surface area contributed by atoms with E-state index < -0.39 is 0 Å². The number of hydrogen-bond acceptors (Lipinski definition) is 5. The van der Waals surface area contributed by atoms with E-state index in [9.17, 15) is 19.4 Å². The number of hydrogen-bond donors (Lipinski definition) is 3. The lowest BCUT2D eigenvalue weighted by Crippen LogP contribution is -2.37. The molecule has 184 valence electrons. The Hall–Kier alpha value is -3.75. The van der Waals surface area contributed by atoms with Gasteiger partial charge in [-0.15, -0.1) is 0 Å². The lowest BCUT2D eigenvalue weighted by atomic mass is 10.1. The predicted molar refractivity (Wildman–Crippen MR) is 137 cm³/mol. The van der Waals surface area contributed by atoms with Gasteiger partial charge in [-0.05, 0) is 42.2 Å². The number of phenols is 1. The minimum atomic E-state index is -0.286. The SMILES string of the molecule is C=C/C=C(\C=C(/C)F)Cc1cncn1CCN(CCO)CC(=O)Nc1cccc2ccc(O)cc12. The molecule has 0 spiro atoms. The molecule has 35 heavy (non-hydrogen) atoms. The molecule has 0 atom stereocenters. The Morgan fingerprint density at radius 1 is 1.29 bits per heavy atom. The van der Waals surface area contributed by atoms with Crippen molar-refractivity contribution >= 4 is 22.4 Å². The summed E-state index contributed by atoms with van der Waals surface area (Å²) in [6.07, 6.45) is 8.77. The Morgan fingerprint density at radius 3 is 2.86 bits per heavy atom. The molecule has 3 aromatic rings. The van der Waals surface area contributed by atoms with E-state index in [0.29, 0.717) is 31.7 Å². The topological polar surface area (TPSA) is 90.6 Å². The van der Waals surface area contributed by atoms with Gasteiger partial charge in [-0.1, -0.05) is 36.9 Å². The summed E-state index contributed by atoms with van der Waals surface area (Å²) in [5, 5.41) is 23.9. The lowest BCUT2D eigenvalue weighted by molar-refractivity contribution is -0.117. The number of aliphatic hydroxyl groups is 1. The normalized spacial score (nSPS) is 12.3. The van der Waals surface area contributed by atoms with Crippen LogP contribution in [-0.4, -0.2) is 56.8 Å². The highest BCUT2D eigenvalue weighted by Gasteiger charge is 2.13. The number of aromatic nitrogens is 2. The van der Waals surface area contributed by atoms with Gasteiger partial charge in [-0.2, -0.15) is 0 Å². The van der Waals surface area contributed by atoms with E-state index in [-0.39, 0.29) is 30.6 Å². The van der Waals surface area contributed by atoms with Crippen molar-refractivity contribution in [2.45, 2.75) is 19.9 Å². The quantitative estimate of drug-likeness (QED) is 0.340. The van der Waals surface area contributed by atoms with Gasteiger partial charge in [0.2, 0.25) is 5.91 Å². The van der Waals surface area contributed by atoms with E-state index in [1.54, 1.807) is 48.9 Å². The third kappa shape index (κ3) is 7.63. The van der Waals surface area contributed by atoms with Crippen LogP contribution in [0.1, 0.15) is 12.6 Å². The lowest BCUT2D eigenvalue weighted by Gasteiger charge is -2.22. The number of nitrogens with zero attached hydrogens (tertiary/aromatic N) is 3. The number of carbonyl (C=O) groups is 1. The number of aromatic hydroxyl groups is 1. The van der Waals surface area contributed by atoms with Gasteiger partial charge >= 0.3 is 0 Å². The molecule has 7 nitrogen and oxygen atoms in total. The molecular weight excluding hydrogens is 447 g/mol. The Balaban J connectivity index is 1.65.